The Morgan fingerprint density at radius 3 is 2.71 bits per heavy atom. The molecule has 0 aliphatic heterocycles. The van der Waals surface area contributed by atoms with E-state index in [1.807, 2.05) is 19.1 Å². The molecule has 2 rings (SSSR count). The fourth-order valence-electron chi connectivity index (χ4n) is 2.04. The minimum absolute atomic E-state index is 0.0406. The molecule has 0 aliphatic carbocycles. The number of nitro groups is 1. The fraction of sp³-hybridized carbons (Fsp3) is 0.133. The van der Waals surface area contributed by atoms with Gasteiger partial charge < -0.3 is 5.32 Å². The van der Waals surface area contributed by atoms with Gasteiger partial charge in [0.25, 0.3) is 5.69 Å². The average molecular weight is 302 g/mol. The quantitative estimate of drug-likeness (QED) is 0.682. The first-order valence-corrected chi connectivity index (χ1v) is 6.57. The van der Waals surface area contributed by atoms with Gasteiger partial charge in [0.15, 0.2) is 0 Å². The summed E-state index contributed by atoms with van der Waals surface area (Å²) in [4.78, 5) is 10.6. The summed E-state index contributed by atoms with van der Waals surface area (Å²) in [7, 11) is 0. The third-order valence-electron chi connectivity index (χ3n) is 3.13. The Labute approximate surface area is 126 Å². The minimum Gasteiger partial charge on any atom is -0.380 e. The molecular weight excluding hydrogens is 290 g/mol. The summed E-state index contributed by atoms with van der Waals surface area (Å²) in [5.41, 5.74) is 2.35. The van der Waals surface area contributed by atoms with Crippen LogP contribution in [0.5, 0.6) is 0 Å². The van der Waals surface area contributed by atoms with Gasteiger partial charge >= 0.3 is 0 Å². The molecule has 5 nitrogen and oxygen atoms in total. The van der Waals surface area contributed by atoms with E-state index in [2.05, 4.69) is 11.4 Å². The Morgan fingerprint density at radius 2 is 2.05 bits per heavy atom. The summed E-state index contributed by atoms with van der Waals surface area (Å²) in [5, 5.41) is 23.6. The third kappa shape index (κ3) is 3.12. The van der Waals surface area contributed by atoms with Crippen LogP contribution in [-0.2, 0) is 6.54 Å². The number of nitrogens with zero attached hydrogens (tertiary/aromatic N) is 2. The second-order valence-electron chi connectivity index (χ2n) is 4.46. The van der Waals surface area contributed by atoms with Crippen molar-refractivity contribution in [3.8, 4) is 6.07 Å². The lowest BCUT2D eigenvalue weighted by Gasteiger charge is -2.11. The van der Waals surface area contributed by atoms with Gasteiger partial charge in [0, 0.05) is 12.6 Å². The number of aryl methyl sites for hydroxylation is 1. The minimum atomic E-state index is -0.468. The van der Waals surface area contributed by atoms with Crippen LogP contribution in [0.2, 0.25) is 5.02 Å². The standard InChI is InChI=1S/C15H12ClN3O2/c1-10-4-2-6-14(11(10)8-17)18-9-12-13(16)5-3-7-15(12)19(20)21/h2-7,18H,9H2,1H3. The molecule has 21 heavy (non-hydrogen) atoms. The van der Waals surface area contributed by atoms with E-state index in [1.54, 1.807) is 12.1 Å². The van der Waals surface area contributed by atoms with Gasteiger partial charge in [-0.3, -0.25) is 10.1 Å². The van der Waals surface area contributed by atoms with Gasteiger partial charge in [-0.05, 0) is 24.6 Å². The maximum absolute atomic E-state index is 11.0. The Kier molecular flexibility index (Phi) is 4.41. The van der Waals surface area contributed by atoms with Crippen LogP contribution in [0.15, 0.2) is 36.4 Å². The average Bonchev–Trinajstić information content (AvgIpc) is 2.45. The van der Waals surface area contributed by atoms with Crippen molar-refractivity contribution in [1.82, 2.24) is 0 Å². The molecule has 0 spiro atoms. The molecule has 0 aromatic heterocycles. The molecule has 0 radical (unpaired) electrons. The van der Waals surface area contributed by atoms with Crippen molar-refractivity contribution in [3.05, 3.63) is 68.2 Å². The molecule has 6 heteroatoms. The fourth-order valence-corrected chi connectivity index (χ4v) is 2.28. The summed E-state index contributed by atoms with van der Waals surface area (Å²) >= 11 is 6.04. The van der Waals surface area contributed by atoms with E-state index < -0.39 is 4.92 Å². The molecule has 1 N–H and O–H groups in total. The lowest BCUT2D eigenvalue weighted by molar-refractivity contribution is -0.385. The summed E-state index contributed by atoms with van der Waals surface area (Å²) < 4.78 is 0. The first-order valence-electron chi connectivity index (χ1n) is 6.20. The zero-order chi connectivity index (χ0) is 15.4. The lowest BCUT2D eigenvalue weighted by atomic mass is 10.1. The van der Waals surface area contributed by atoms with Gasteiger partial charge in [0.1, 0.15) is 6.07 Å². The molecule has 0 aliphatic rings. The second-order valence-corrected chi connectivity index (χ2v) is 4.86. The van der Waals surface area contributed by atoms with Crippen molar-refractivity contribution < 1.29 is 4.92 Å². The molecule has 0 saturated heterocycles. The van der Waals surface area contributed by atoms with E-state index in [-0.39, 0.29) is 12.2 Å². The number of rotatable bonds is 4. The highest BCUT2D eigenvalue weighted by atomic mass is 35.5. The van der Waals surface area contributed by atoms with Crippen molar-refractivity contribution in [1.29, 1.82) is 5.26 Å². The molecule has 2 aromatic rings. The van der Waals surface area contributed by atoms with E-state index in [0.717, 1.165) is 5.56 Å². The van der Waals surface area contributed by atoms with Crippen molar-refractivity contribution in [3.63, 3.8) is 0 Å². The Bertz CT molecular complexity index is 738. The number of hydrogen-bond donors (Lipinski definition) is 1. The van der Waals surface area contributed by atoms with E-state index >= 15 is 0 Å². The molecule has 0 saturated carbocycles. The number of nitriles is 1. The summed E-state index contributed by atoms with van der Waals surface area (Å²) in [5.74, 6) is 0. The highest BCUT2D eigenvalue weighted by Gasteiger charge is 2.16. The van der Waals surface area contributed by atoms with Crippen molar-refractivity contribution >= 4 is 23.0 Å². The Balaban J connectivity index is 2.32. The molecule has 0 heterocycles. The van der Waals surface area contributed by atoms with E-state index in [4.69, 9.17) is 16.9 Å². The van der Waals surface area contributed by atoms with Crippen LogP contribution in [0.3, 0.4) is 0 Å². The van der Waals surface area contributed by atoms with Crippen molar-refractivity contribution in [2.75, 3.05) is 5.32 Å². The Hall–Kier alpha value is -2.58. The lowest BCUT2D eigenvalue weighted by Crippen LogP contribution is -2.05. The second kappa shape index (κ2) is 6.25. The van der Waals surface area contributed by atoms with Gasteiger partial charge in [-0.1, -0.05) is 29.8 Å². The highest BCUT2D eigenvalue weighted by molar-refractivity contribution is 6.31. The normalized spacial score (nSPS) is 9.95. The van der Waals surface area contributed by atoms with E-state index in [0.29, 0.717) is 21.8 Å². The zero-order valence-electron chi connectivity index (χ0n) is 11.3. The SMILES string of the molecule is Cc1cccc(NCc2c(Cl)cccc2[N+](=O)[O-])c1C#N. The predicted molar refractivity (Wildman–Crippen MR) is 81.3 cm³/mol. The maximum Gasteiger partial charge on any atom is 0.275 e. The molecule has 0 unspecified atom stereocenters. The summed E-state index contributed by atoms with van der Waals surface area (Å²) in [6, 6.07) is 12.1. The first kappa shape index (κ1) is 14.8. The number of hydrogen-bond acceptors (Lipinski definition) is 4. The number of anilines is 1. The molecule has 106 valence electrons. The van der Waals surface area contributed by atoms with Gasteiger partial charge in [0.05, 0.1) is 26.8 Å². The van der Waals surface area contributed by atoms with Crippen LogP contribution in [0.25, 0.3) is 0 Å². The maximum atomic E-state index is 11.0. The predicted octanol–water partition coefficient (Wildman–Crippen LogP) is 4.04. The van der Waals surface area contributed by atoms with Crippen molar-refractivity contribution in [2.24, 2.45) is 0 Å². The van der Waals surface area contributed by atoms with Crippen LogP contribution < -0.4 is 5.32 Å². The van der Waals surface area contributed by atoms with Crippen molar-refractivity contribution in [2.45, 2.75) is 13.5 Å². The third-order valence-corrected chi connectivity index (χ3v) is 3.49. The number of halogens is 1. The van der Waals surface area contributed by atoms with Crippen LogP contribution in [0.1, 0.15) is 16.7 Å². The van der Waals surface area contributed by atoms with Gasteiger partial charge in [0.2, 0.25) is 0 Å². The highest BCUT2D eigenvalue weighted by Crippen LogP contribution is 2.28. The van der Waals surface area contributed by atoms with E-state index in [9.17, 15) is 10.1 Å². The van der Waals surface area contributed by atoms with Crippen LogP contribution in [0.4, 0.5) is 11.4 Å². The van der Waals surface area contributed by atoms with Gasteiger partial charge in [-0.2, -0.15) is 5.26 Å². The Morgan fingerprint density at radius 1 is 1.33 bits per heavy atom. The van der Waals surface area contributed by atoms with Gasteiger partial charge in [-0.25, -0.2) is 0 Å². The molecule has 2 aromatic carbocycles. The molecule has 0 amide bonds. The number of benzene rings is 2. The largest absolute Gasteiger partial charge is 0.380 e. The zero-order valence-corrected chi connectivity index (χ0v) is 12.0. The summed E-state index contributed by atoms with van der Waals surface area (Å²) in [6.45, 7) is 2.01. The molecule has 0 atom stereocenters. The molecule has 0 bridgehead atoms. The molecular formula is C15H12ClN3O2. The number of nitrogens with one attached hydrogen (secondary N) is 1. The van der Waals surface area contributed by atoms with Crippen LogP contribution >= 0.6 is 11.6 Å². The monoisotopic (exact) mass is 301 g/mol. The summed E-state index contributed by atoms with van der Waals surface area (Å²) in [6.07, 6.45) is 0. The molecule has 0 fully saturated rings. The van der Waals surface area contributed by atoms with Crippen LogP contribution in [-0.4, -0.2) is 4.92 Å². The van der Waals surface area contributed by atoms with E-state index in [1.165, 1.54) is 12.1 Å². The van der Waals surface area contributed by atoms with Crippen LogP contribution in [0, 0.1) is 28.4 Å². The first-order chi connectivity index (χ1) is 10.0. The topological polar surface area (TPSA) is 79.0 Å². The van der Waals surface area contributed by atoms with Gasteiger partial charge in [-0.15, -0.1) is 0 Å². The smallest absolute Gasteiger partial charge is 0.275 e. The number of nitro benzene ring substituents is 1.